The fourth-order valence-corrected chi connectivity index (χ4v) is 3.39. The Morgan fingerprint density at radius 3 is 2.55 bits per heavy atom. The highest BCUT2D eigenvalue weighted by molar-refractivity contribution is 7.98. The second kappa shape index (κ2) is 6.92. The lowest BCUT2D eigenvalue weighted by molar-refractivity contribution is 0.0724. The zero-order valence-electron chi connectivity index (χ0n) is 12.7. The molecule has 0 aliphatic carbocycles. The second-order valence-electron chi connectivity index (χ2n) is 5.40. The summed E-state index contributed by atoms with van der Waals surface area (Å²) in [6, 6.07) is 5.92. The molecule has 0 unspecified atom stereocenters. The lowest BCUT2D eigenvalue weighted by Crippen LogP contribution is -2.35. The van der Waals surface area contributed by atoms with Crippen LogP contribution in [0.3, 0.4) is 0 Å². The first-order valence-corrected chi connectivity index (χ1v) is 8.75. The fraction of sp³-hybridized carbons (Fsp3) is 0.353. The number of carbonyl (C=O) groups is 1. The number of piperidine rings is 1. The van der Waals surface area contributed by atoms with Gasteiger partial charge in [-0.15, -0.1) is 11.8 Å². The van der Waals surface area contributed by atoms with E-state index in [-0.39, 0.29) is 5.91 Å². The summed E-state index contributed by atoms with van der Waals surface area (Å²) < 4.78 is 0. The summed E-state index contributed by atoms with van der Waals surface area (Å²) in [4.78, 5) is 23.9. The number of likely N-dealkylation sites (tertiary alicyclic amines) is 1. The molecule has 0 atom stereocenters. The Balaban J connectivity index is 1.95. The van der Waals surface area contributed by atoms with E-state index >= 15 is 0 Å². The average molecular weight is 313 g/mol. The summed E-state index contributed by atoms with van der Waals surface area (Å²) in [5.74, 6) is 0.130. The minimum absolute atomic E-state index is 0.130. The molecule has 0 spiro atoms. The Bertz CT molecular complexity index is 654. The van der Waals surface area contributed by atoms with Crippen molar-refractivity contribution in [2.24, 2.45) is 0 Å². The molecule has 1 aromatic carbocycles. The van der Waals surface area contributed by atoms with E-state index < -0.39 is 0 Å². The van der Waals surface area contributed by atoms with Gasteiger partial charge in [0.2, 0.25) is 0 Å². The smallest absolute Gasteiger partial charge is 0.253 e. The molecular formula is C17H19N3OS. The molecule has 1 aliphatic heterocycles. The monoisotopic (exact) mass is 313 g/mol. The average Bonchev–Trinajstić information content (AvgIpc) is 2.62. The van der Waals surface area contributed by atoms with E-state index in [2.05, 4.69) is 9.97 Å². The van der Waals surface area contributed by atoms with Crippen molar-refractivity contribution in [1.82, 2.24) is 14.9 Å². The van der Waals surface area contributed by atoms with Crippen LogP contribution in [0.1, 0.15) is 29.6 Å². The van der Waals surface area contributed by atoms with E-state index in [1.54, 1.807) is 24.2 Å². The molecule has 3 rings (SSSR count). The van der Waals surface area contributed by atoms with Gasteiger partial charge in [-0.3, -0.25) is 4.79 Å². The van der Waals surface area contributed by atoms with Crippen molar-refractivity contribution in [3.63, 3.8) is 0 Å². The Morgan fingerprint density at radius 2 is 1.86 bits per heavy atom. The minimum Gasteiger partial charge on any atom is -0.339 e. The van der Waals surface area contributed by atoms with Crippen LogP contribution in [0.15, 0.2) is 41.8 Å². The number of nitrogens with zero attached hydrogens (tertiary/aromatic N) is 3. The van der Waals surface area contributed by atoms with Gasteiger partial charge in [-0.2, -0.15) is 0 Å². The van der Waals surface area contributed by atoms with Crippen LogP contribution in [0.4, 0.5) is 0 Å². The van der Waals surface area contributed by atoms with Crippen LogP contribution in [0.25, 0.3) is 11.1 Å². The third-order valence-electron chi connectivity index (χ3n) is 3.96. The maximum absolute atomic E-state index is 12.7. The fourth-order valence-electron chi connectivity index (χ4n) is 2.78. The van der Waals surface area contributed by atoms with Gasteiger partial charge < -0.3 is 4.90 Å². The van der Waals surface area contributed by atoms with Crippen molar-refractivity contribution in [3.8, 4) is 11.1 Å². The molecule has 2 aromatic rings. The van der Waals surface area contributed by atoms with Gasteiger partial charge in [-0.05, 0) is 49.3 Å². The maximum atomic E-state index is 12.7. The molecule has 0 N–H and O–H groups in total. The van der Waals surface area contributed by atoms with Gasteiger partial charge in [0.15, 0.2) is 0 Å². The van der Waals surface area contributed by atoms with E-state index in [4.69, 9.17) is 0 Å². The molecule has 0 radical (unpaired) electrons. The van der Waals surface area contributed by atoms with Crippen LogP contribution in [0.2, 0.25) is 0 Å². The number of carbonyl (C=O) groups excluding carboxylic acids is 1. The molecule has 1 saturated heterocycles. The van der Waals surface area contributed by atoms with Gasteiger partial charge in [0.05, 0.1) is 0 Å². The van der Waals surface area contributed by atoms with Crippen molar-refractivity contribution in [1.29, 1.82) is 0 Å². The highest BCUT2D eigenvalue weighted by Gasteiger charge is 2.19. The quantitative estimate of drug-likeness (QED) is 0.814. The molecule has 1 aromatic heterocycles. The van der Waals surface area contributed by atoms with E-state index in [1.807, 2.05) is 29.4 Å². The van der Waals surface area contributed by atoms with Crippen LogP contribution in [-0.2, 0) is 0 Å². The van der Waals surface area contributed by atoms with E-state index in [0.29, 0.717) is 0 Å². The number of hydrogen-bond acceptors (Lipinski definition) is 4. The molecule has 4 nitrogen and oxygen atoms in total. The molecule has 1 fully saturated rings. The molecule has 0 saturated carbocycles. The number of amides is 1. The van der Waals surface area contributed by atoms with Crippen molar-refractivity contribution >= 4 is 17.7 Å². The summed E-state index contributed by atoms with van der Waals surface area (Å²) in [7, 11) is 0. The molecule has 5 heteroatoms. The second-order valence-corrected chi connectivity index (χ2v) is 6.24. The summed E-state index contributed by atoms with van der Waals surface area (Å²) >= 11 is 1.67. The Hall–Kier alpha value is -1.88. The predicted octanol–water partition coefficient (Wildman–Crippen LogP) is 3.49. The van der Waals surface area contributed by atoms with E-state index in [0.717, 1.165) is 47.5 Å². The van der Waals surface area contributed by atoms with Crippen LogP contribution in [0.5, 0.6) is 0 Å². The van der Waals surface area contributed by atoms with Crippen molar-refractivity contribution in [3.05, 3.63) is 42.5 Å². The minimum atomic E-state index is 0.130. The largest absolute Gasteiger partial charge is 0.339 e. The van der Waals surface area contributed by atoms with Crippen LogP contribution in [0, 0.1) is 0 Å². The predicted molar refractivity (Wildman–Crippen MR) is 89.0 cm³/mol. The number of thioether (sulfide) groups is 1. The summed E-state index contributed by atoms with van der Waals surface area (Å²) in [6.07, 6.45) is 10.6. The standard InChI is InChI=1S/C17H19N3OS/c1-22-16-6-5-13(17(21)20-7-3-2-4-8-20)9-15(16)14-10-18-12-19-11-14/h5-6,9-12H,2-4,7-8H2,1H3. The van der Waals surface area contributed by atoms with Gasteiger partial charge in [-0.25, -0.2) is 9.97 Å². The number of hydrogen-bond donors (Lipinski definition) is 0. The molecule has 22 heavy (non-hydrogen) atoms. The lowest BCUT2D eigenvalue weighted by atomic mass is 10.0. The molecule has 0 bridgehead atoms. The van der Waals surface area contributed by atoms with Crippen LogP contribution < -0.4 is 0 Å². The first-order chi connectivity index (χ1) is 10.8. The van der Waals surface area contributed by atoms with Crippen molar-refractivity contribution in [2.75, 3.05) is 19.3 Å². The Morgan fingerprint density at radius 1 is 1.14 bits per heavy atom. The summed E-state index contributed by atoms with van der Waals surface area (Å²) in [6.45, 7) is 1.74. The third-order valence-corrected chi connectivity index (χ3v) is 4.76. The van der Waals surface area contributed by atoms with Crippen molar-refractivity contribution in [2.45, 2.75) is 24.2 Å². The van der Waals surface area contributed by atoms with Crippen LogP contribution >= 0.6 is 11.8 Å². The highest BCUT2D eigenvalue weighted by atomic mass is 32.2. The van der Waals surface area contributed by atoms with Crippen molar-refractivity contribution < 1.29 is 4.79 Å². The molecule has 114 valence electrons. The topological polar surface area (TPSA) is 46.1 Å². The van der Waals surface area contributed by atoms with Gasteiger partial charge in [0.1, 0.15) is 6.33 Å². The molecule has 2 heterocycles. The number of benzene rings is 1. The van der Waals surface area contributed by atoms with Gasteiger partial charge in [0.25, 0.3) is 5.91 Å². The Labute approximate surface area is 135 Å². The molecular weight excluding hydrogens is 294 g/mol. The van der Waals surface area contributed by atoms with E-state index in [1.165, 1.54) is 12.7 Å². The summed E-state index contributed by atoms with van der Waals surface area (Å²) in [5.41, 5.74) is 2.72. The van der Waals surface area contributed by atoms with Gasteiger partial charge in [0, 0.05) is 41.5 Å². The summed E-state index contributed by atoms with van der Waals surface area (Å²) in [5, 5.41) is 0. The lowest BCUT2D eigenvalue weighted by Gasteiger charge is -2.27. The van der Waals surface area contributed by atoms with Crippen LogP contribution in [-0.4, -0.2) is 40.1 Å². The molecule has 1 amide bonds. The maximum Gasteiger partial charge on any atom is 0.253 e. The normalized spacial score (nSPS) is 14.9. The van der Waals surface area contributed by atoms with Gasteiger partial charge >= 0.3 is 0 Å². The molecule has 1 aliphatic rings. The third kappa shape index (κ3) is 3.14. The first kappa shape index (κ1) is 15.0. The zero-order chi connectivity index (χ0) is 15.4. The Kier molecular flexibility index (Phi) is 4.73. The SMILES string of the molecule is CSc1ccc(C(=O)N2CCCCC2)cc1-c1cncnc1. The van der Waals surface area contributed by atoms with E-state index in [9.17, 15) is 4.79 Å². The number of aromatic nitrogens is 2. The first-order valence-electron chi connectivity index (χ1n) is 7.52. The van der Waals surface area contributed by atoms with Gasteiger partial charge in [-0.1, -0.05) is 0 Å². The zero-order valence-corrected chi connectivity index (χ0v) is 13.5. The highest BCUT2D eigenvalue weighted by Crippen LogP contribution is 2.31. The number of rotatable bonds is 3.